The van der Waals surface area contributed by atoms with Gasteiger partial charge in [-0.15, -0.1) is 10.2 Å². The number of halogens is 1. The number of ether oxygens (including phenoxy) is 1. The van der Waals surface area contributed by atoms with Gasteiger partial charge in [0.25, 0.3) is 5.78 Å². The largest absolute Gasteiger partial charge is 0.507 e. The zero-order chi connectivity index (χ0) is 28.5. The van der Waals surface area contributed by atoms with E-state index < -0.39 is 29.3 Å². The lowest BCUT2D eigenvalue weighted by molar-refractivity contribution is -0.132. The van der Waals surface area contributed by atoms with Crippen molar-refractivity contribution in [3.05, 3.63) is 113 Å². The van der Waals surface area contributed by atoms with Crippen molar-refractivity contribution in [2.75, 3.05) is 12.0 Å². The Hall–Kier alpha value is -4.61. The molecule has 0 saturated carbocycles. The van der Waals surface area contributed by atoms with Gasteiger partial charge in [-0.1, -0.05) is 71.6 Å². The van der Waals surface area contributed by atoms with Crippen LogP contribution in [0.15, 0.2) is 95.1 Å². The number of aromatic nitrogens is 3. The summed E-state index contributed by atoms with van der Waals surface area (Å²) in [7, 11) is 1.32. The number of fused-ring (bicyclic) bond motifs is 1. The van der Waals surface area contributed by atoms with Crippen molar-refractivity contribution in [1.29, 1.82) is 0 Å². The van der Waals surface area contributed by atoms with Crippen molar-refractivity contribution in [3.8, 4) is 5.75 Å². The van der Waals surface area contributed by atoms with Gasteiger partial charge >= 0.3 is 5.91 Å². The van der Waals surface area contributed by atoms with E-state index in [1.165, 1.54) is 53.4 Å². The standard InChI is InChI=1S/C30H21FN4O4S2/c1-39-23-12-11-18(14-22(23)31)26(36)24-25(19-9-5-13-32-15-19)35(28(38)27(24)37)29-33-34-30(41-29)40-16-20-8-4-7-17-6-2-3-10-21(17)20/h2-15,25,36H,16H2,1H3. The molecule has 1 amide bonds. The van der Waals surface area contributed by atoms with Crippen LogP contribution in [0.2, 0.25) is 0 Å². The first-order chi connectivity index (χ1) is 20.0. The van der Waals surface area contributed by atoms with Crippen LogP contribution in [-0.2, 0) is 15.3 Å². The molecule has 8 nitrogen and oxygen atoms in total. The Bertz CT molecular complexity index is 1820. The lowest BCUT2D eigenvalue weighted by Crippen LogP contribution is -2.29. The summed E-state index contributed by atoms with van der Waals surface area (Å²) in [6.45, 7) is 0. The monoisotopic (exact) mass is 584 g/mol. The topological polar surface area (TPSA) is 106 Å². The maximum Gasteiger partial charge on any atom is 0.301 e. The number of pyridine rings is 1. The van der Waals surface area contributed by atoms with Crippen molar-refractivity contribution in [3.63, 3.8) is 0 Å². The minimum Gasteiger partial charge on any atom is -0.507 e. The molecule has 5 aromatic rings. The van der Waals surface area contributed by atoms with Gasteiger partial charge < -0.3 is 9.84 Å². The van der Waals surface area contributed by atoms with E-state index in [0.717, 1.165) is 22.4 Å². The number of hydrogen-bond acceptors (Lipinski definition) is 9. The van der Waals surface area contributed by atoms with Crippen LogP contribution in [0.5, 0.6) is 5.75 Å². The number of rotatable bonds is 7. The number of carbonyl (C=O) groups excluding carboxylic acids is 2. The molecule has 1 aliphatic rings. The molecule has 2 aromatic heterocycles. The molecule has 0 spiro atoms. The second-order valence-electron chi connectivity index (χ2n) is 9.08. The van der Waals surface area contributed by atoms with Crippen molar-refractivity contribution in [1.82, 2.24) is 15.2 Å². The van der Waals surface area contributed by atoms with Crippen molar-refractivity contribution in [2.24, 2.45) is 0 Å². The third-order valence-electron chi connectivity index (χ3n) is 6.70. The fourth-order valence-corrected chi connectivity index (χ4v) is 6.64. The molecule has 6 rings (SSSR count). The Morgan fingerprint density at radius 1 is 1.07 bits per heavy atom. The van der Waals surface area contributed by atoms with Gasteiger partial charge in [-0.05, 0) is 46.2 Å². The normalized spacial score (nSPS) is 16.4. The van der Waals surface area contributed by atoms with Crippen LogP contribution < -0.4 is 9.64 Å². The number of nitrogens with zero attached hydrogens (tertiary/aromatic N) is 4. The van der Waals surface area contributed by atoms with Crippen LogP contribution in [0.25, 0.3) is 16.5 Å². The van der Waals surface area contributed by atoms with Crippen molar-refractivity contribution >= 4 is 56.5 Å². The van der Waals surface area contributed by atoms with Gasteiger partial charge in [0.15, 0.2) is 15.9 Å². The molecular weight excluding hydrogens is 563 g/mol. The lowest BCUT2D eigenvalue weighted by atomic mass is 9.96. The highest BCUT2D eigenvalue weighted by atomic mass is 32.2. The fraction of sp³-hybridized carbons (Fsp3) is 0.100. The van der Waals surface area contributed by atoms with Gasteiger partial charge in [0.1, 0.15) is 5.76 Å². The highest BCUT2D eigenvalue weighted by Gasteiger charge is 2.48. The summed E-state index contributed by atoms with van der Waals surface area (Å²) in [6, 6.07) is 20.3. The number of carbonyl (C=O) groups is 2. The lowest BCUT2D eigenvalue weighted by Gasteiger charge is -2.22. The Morgan fingerprint density at radius 3 is 2.68 bits per heavy atom. The van der Waals surface area contributed by atoms with Crippen LogP contribution in [0, 0.1) is 5.82 Å². The molecule has 3 aromatic carbocycles. The quantitative estimate of drug-likeness (QED) is 0.0798. The molecule has 1 saturated heterocycles. The Balaban J connectivity index is 1.36. The Morgan fingerprint density at radius 2 is 1.90 bits per heavy atom. The van der Waals surface area contributed by atoms with Crippen molar-refractivity contribution in [2.45, 2.75) is 16.1 Å². The second kappa shape index (κ2) is 11.1. The Kier molecular flexibility index (Phi) is 7.21. The molecule has 11 heteroatoms. The molecule has 1 unspecified atom stereocenters. The predicted molar refractivity (Wildman–Crippen MR) is 155 cm³/mol. The van der Waals surface area contributed by atoms with E-state index in [1.54, 1.807) is 18.3 Å². The minimum absolute atomic E-state index is 0.0202. The molecule has 0 radical (unpaired) electrons. The van der Waals surface area contributed by atoms with Crippen molar-refractivity contribution < 1.29 is 23.8 Å². The molecule has 204 valence electrons. The molecule has 1 atom stereocenters. The smallest absolute Gasteiger partial charge is 0.301 e. The van der Waals surface area contributed by atoms with E-state index in [-0.39, 0.29) is 22.0 Å². The zero-order valence-corrected chi connectivity index (χ0v) is 23.2. The number of benzene rings is 3. The summed E-state index contributed by atoms with van der Waals surface area (Å²) in [4.78, 5) is 32.1. The minimum atomic E-state index is -1.04. The number of Topliss-reactive ketones (excluding diaryl/α,β-unsaturated/α-hetero) is 1. The summed E-state index contributed by atoms with van der Waals surface area (Å²) in [5, 5.41) is 22.2. The highest BCUT2D eigenvalue weighted by molar-refractivity contribution is 8.00. The molecule has 1 N–H and O–H groups in total. The first-order valence-corrected chi connectivity index (χ1v) is 14.2. The van der Waals surface area contributed by atoms with Crippen LogP contribution in [0.4, 0.5) is 9.52 Å². The molecule has 0 bridgehead atoms. The van der Waals surface area contributed by atoms with Gasteiger partial charge in [0, 0.05) is 23.7 Å². The van der Waals surface area contributed by atoms with E-state index in [2.05, 4.69) is 39.4 Å². The maximum atomic E-state index is 14.5. The number of aliphatic hydroxyl groups excluding tert-OH is 1. The molecular formula is C30H21FN4O4S2. The summed E-state index contributed by atoms with van der Waals surface area (Å²) < 4.78 is 20.0. The van der Waals surface area contributed by atoms with E-state index in [9.17, 15) is 19.1 Å². The number of ketones is 1. The SMILES string of the molecule is COc1ccc(C(O)=C2C(=O)C(=O)N(c3nnc(SCc4cccc5ccccc45)s3)C2c2cccnc2)cc1F. The Labute approximate surface area is 242 Å². The van der Waals surface area contributed by atoms with Gasteiger partial charge in [0.2, 0.25) is 5.13 Å². The number of aliphatic hydroxyl groups is 1. The van der Waals surface area contributed by atoms with Gasteiger partial charge in [0.05, 0.1) is 18.7 Å². The number of methoxy groups -OCH3 is 1. The summed E-state index contributed by atoms with van der Waals surface area (Å²) >= 11 is 2.64. The third-order valence-corrected chi connectivity index (χ3v) is 8.81. The molecule has 41 heavy (non-hydrogen) atoms. The average molecular weight is 585 g/mol. The summed E-state index contributed by atoms with van der Waals surface area (Å²) in [6.07, 6.45) is 3.06. The molecule has 0 aliphatic carbocycles. The van der Waals surface area contributed by atoms with Crippen LogP contribution in [-0.4, -0.2) is 39.1 Å². The van der Waals surface area contributed by atoms with Crippen LogP contribution in [0.3, 0.4) is 0 Å². The molecule has 1 fully saturated rings. The highest BCUT2D eigenvalue weighted by Crippen LogP contribution is 2.44. The fourth-order valence-electron chi connectivity index (χ4n) is 4.77. The maximum absolute atomic E-state index is 14.5. The predicted octanol–water partition coefficient (Wildman–Crippen LogP) is 6.15. The van der Waals surface area contributed by atoms with E-state index in [4.69, 9.17) is 4.74 Å². The average Bonchev–Trinajstić information content (AvgIpc) is 3.57. The summed E-state index contributed by atoms with van der Waals surface area (Å²) in [5.74, 6) is -2.43. The van der Waals surface area contributed by atoms with Gasteiger partial charge in [-0.2, -0.15) is 0 Å². The van der Waals surface area contributed by atoms with E-state index in [1.807, 2.05) is 18.2 Å². The van der Waals surface area contributed by atoms with Gasteiger partial charge in [-0.25, -0.2) is 4.39 Å². The first kappa shape index (κ1) is 26.6. The number of amides is 1. The van der Waals surface area contributed by atoms with Crippen LogP contribution in [0.1, 0.15) is 22.7 Å². The van der Waals surface area contributed by atoms with Gasteiger partial charge in [-0.3, -0.25) is 19.5 Å². The third kappa shape index (κ3) is 4.94. The molecule has 1 aliphatic heterocycles. The number of hydrogen-bond donors (Lipinski definition) is 1. The van der Waals surface area contributed by atoms with E-state index in [0.29, 0.717) is 15.7 Å². The second-order valence-corrected chi connectivity index (χ2v) is 11.3. The zero-order valence-electron chi connectivity index (χ0n) is 21.5. The molecule has 3 heterocycles. The van der Waals surface area contributed by atoms with Crippen LogP contribution >= 0.6 is 23.1 Å². The van der Waals surface area contributed by atoms with E-state index >= 15 is 0 Å². The summed E-state index contributed by atoms with van der Waals surface area (Å²) in [5.41, 5.74) is 1.43. The number of thioether (sulfide) groups is 1. The first-order valence-electron chi connectivity index (χ1n) is 12.4. The number of anilines is 1.